The van der Waals surface area contributed by atoms with Crippen molar-refractivity contribution in [2.24, 2.45) is 0 Å². The molecule has 5 heteroatoms. The van der Waals surface area contributed by atoms with Crippen LogP contribution in [-0.2, 0) is 4.79 Å². The van der Waals surface area contributed by atoms with E-state index in [9.17, 15) is 0 Å². The molecule has 2 aromatic rings. The first-order valence-electron chi connectivity index (χ1n) is 3.92. The second kappa shape index (κ2) is 4.27. The molecule has 0 aliphatic carbocycles. The summed E-state index contributed by atoms with van der Waals surface area (Å²) >= 11 is 0. The van der Waals surface area contributed by atoms with Crippen LogP contribution in [0.1, 0.15) is 6.92 Å². The topological polar surface area (TPSA) is 86.2 Å². The zero-order chi connectivity index (χ0) is 10.6. The van der Waals surface area contributed by atoms with Crippen molar-refractivity contribution in [2.75, 3.05) is 0 Å². The number of carbonyl (C=O) groups is 1. The number of aliphatic carboxylic acids is 1. The number of carboxylic acids is 1. The largest absolute Gasteiger partial charge is 0.506 e. The monoisotopic (exact) mass is 194 g/mol. The SMILES string of the molecule is CC(=O)O.Oc1c[nH]c2ncccc12. The number of nitrogens with one attached hydrogen (secondary N) is 1. The Morgan fingerprint density at radius 1 is 1.57 bits per heavy atom. The number of aromatic amines is 1. The Morgan fingerprint density at radius 3 is 2.79 bits per heavy atom. The van der Waals surface area contributed by atoms with Crippen molar-refractivity contribution >= 4 is 17.0 Å². The number of pyridine rings is 1. The Kier molecular flexibility index (Phi) is 3.06. The van der Waals surface area contributed by atoms with Crippen LogP contribution in [0, 0.1) is 0 Å². The lowest BCUT2D eigenvalue weighted by atomic mass is 10.3. The Hall–Kier alpha value is -2.04. The molecule has 0 aliphatic rings. The van der Waals surface area contributed by atoms with E-state index in [2.05, 4.69) is 9.97 Å². The molecule has 0 saturated carbocycles. The van der Waals surface area contributed by atoms with Crippen molar-refractivity contribution in [2.45, 2.75) is 6.92 Å². The number of hydrogen-bond donors (Lipinski definition) is 3. The number of nitrogens with zero attached hydrogens (tertiary/aromatic N) is 1. The van der Waals surface area contributed by atoms with Gasteiger partial charge >= 0.3 is 0 Å². The summed E-state index contributed by atoms with van der Waals surface area (Å²) in [5, 5.41) is 17.3. The predicted octanol–water partition coefficient (Wildman–Crippen LogP) is 1.36. The summed E-state index contributed by atoms with van der Waals surface area (Å²) in [7, 11) is 0. The Labute approximate surface area is 80.0 Å². The molecule has 14 heavy (non-hydrogen) atoms. The molecular formula is C9H10N2O3. The normalized spacial score (nSPS) is 9.21. The van der Waals surface area contributed by atoms with Crippen LogP contribution in [0.25, 0.3) is 11.0 Å². The molecule has 5 nitrogen and oxygen atoms in total. The Morgan fingerprint density at radius 2 is 2.21 bits per heavy atom. The number of aromatic nitrogens is 2. The van der Waals surface area contributed by atoms with Gasteiger partial charge < -0.3 is 15.2 Å². The maximum atomic E-state index is 9.14. The van der Waals surface area contributed by atoms with Crippen molar-refractivity contribution in [3.8, 4) is 5.75 Å². The molecule has 3 N–H and O–H groups in total. The van der Waals surface area contributed by atoms with E-state index in [0.29, 0.717) is 0 Å². The fraction of sp³-hybridized carbons (Fsp3) is 0.111. The lowest BCUT2D eigenvalue weighted by molar-refractivity contribution is -0.134. The van der Waals surface area contributed by atoms with Crippen molar-refractivity contribution < 1.29 is 15.0 Å². The van der Waals surface area contributed by atoms with Gasteiger partial charge in [0.15, 0.2) is 0 Å². The van der Waals surface area contributed by atoms with Crippen LogP contribution < -0.4 is 0 Å². The summed E-state index contributed by atoms with van der Waals surface area (Å²) in [6.07, 6.45) is 3.20. The summed E-state index contributed by atoms with van der Waals surface area (Å²) in [4.78, 5) is 15.8. The third-order valence-corrected chi connectivity index (χ3v) is 1.43. The predicted molar refractivity (Wildman–Crippen MR) is 51.1 cm³/mol. The van der Waals surface area contributed by atoms with Crippen molar-refractivity contribution in [3.63, 3.8) is 0 Å². The molecule has 2 aromatic heterocycles. The molecule has 74 valence electrons. The summed E-state index contributed by atoms with van der Waals surface area (Å²) in [5.41, 5.74) is 0.722. The van der Waals surface area contributed by atoms with Crippen LogP contribution in [0.2, 0.25) is 0 Å². The van der Waals surface area contributed by atoms with Crippen LogP contribution in [-0.4, -0.2) is 26.2 Å². The minimum Gasteiger partial charge on any atom is -0.506 e. The van der Waals surface area contributed by atoms with E-state index in [1.807, 2.05) is 6.07 Å². The third kappa shape index (κ3) is 2.48. The van der Waals surface area contributed by atoms with Crippen LogP contribution in [0.5, 0.6) is 5.75 Å². The van der Waals surface area contributed by atoms with Crippen LogP contribution in [0.3, 0.4) is 0 Å². The molecule has 0 atom stereocenters. The highest BCUT2D eigenvalue weighted by Gasteiger charge is 1.98. The maximum absolute atomic E-state index is 9.14. The standard InChI is InChI=1S/C7H6N2O.C2H4O2/c10-6-4-9-7-5(6)2-1-3-8-7;1-2(3)4/h1-4,10H,(H,8,9);1H3,(H,3,4). The molecule has 0 unspecified atom stereocenters. The highest BCUT2D eigenvalue weighted by atomic mass is 16.4. The quantitative estimate of drug-likeness (QED) is 0.591. The Balaban J connectivity index is 0.000000213. The number of fused-ring (bicyclic) bond motifs is 1. The molecule has 2 heterocycles. The van der Waals surface area contributed by atoms with Crippen LogP contribution in [0.4, 0.5) is 0 Å². The molecule has 0 radical (unpaired) electrons. The van der Waals surface area contributed by atoms with Gasteiger partial charge in [0, 0.05) is 19.3 Å². The third-order valence-electron chi connectivity index (χ3n) is 1.43. The van der Waals surface area contributed by atoms with E-state index in [4.69, 9.17) is 15.0 Å². The second-order valence-corrected chi connectivity index (χ2v) is 2.59. The molecule has 0 saturated heterocycles. The van der Waals surface area contributed by atoms with Gasteiger partial charge in [-0.05, 0) is 12.1 Å². The fourth-order valence-electron chi connectivity index (χ4n) is 0.941. The lowest BCUT2D eigenvalue weighted by Gasteiger charge is -1.85. The molecule has 0 spiro atoms. The van der Waals surface area contributed by atoms with Crippen molar-refractivity contribution in [1.82, 2.24) is 9.97 Å². The van der Waals surface area contributed by atoms with Gasteiger partial charge in [-0.1, -0.05) is 0 Å². The number of hydrogen-bond acceptors (Lipinski definition) is 3. The molecule has 0 aromatic carbocycles. The highest BCUT2D eigenvalue weighted by molar-refractivity contribution is 5.82. The van der Waals surface area contributed by atoms with Crippen LogP contribution >= 0.6 is 0 Å². The lowest BCUT2D eigenvalue weighted by Crippen LogP contribution is -1.78. The number of rotatable bonds is 0. The van der Waals surface area contributed by atoms with Crippen molar-refractivity contribution in [1.29, 1.82) is 0 Å². The van der Waals surface area contributed by atoms with E-state index in [-0.39, 0.29) is 5.75 Å². The first-order valence-corrected chi connectivity index (χ1v) is 3.92. The smallest absolute Gasteiger partial charge is 0.300 e. The molecule has 0 fully saturated rings. The van der Waals surface area contributed by atoms with Gasteiger partial charge in [0.2, 0.25) is 0 Å². The molecule has 0 bridgehead atoms. The fourth-order valence-corrected chi connectivity index (χ4v) is 0.941. The summed E-state index contributed by atoms with van der Waals surface area (Å²) < 4.78 is 0. The number of carboxylic acid groups (broad SMARTS) is 1. The van der Waals surface area contributed by atoms with E-state index in [0.717, 1.165) is 18.0 Å². The van der Waals surface area contributed by atoms with Gasteiger partial charge in [-0.15, -0.1) is 0 Å². The number of aromatic hydroxyl groups is 1. The first-order chi connectivity index (χ1) is 6.61. The van der Waals surface area contributed by atoms with Crippen LogP contribution in [0.15, 0.2) is 24.5 Å². The van der Waals surface area contributed by atoms with Gasteiger partial charge in [0.1, 0.15) is 11.4 Å². The molecule has 0 aliphatic heterocycles. The summed E-state index contributed by atoms with van der Waals surface area (Å²) in [5.74, 6) is -0.580. The van der Waals surface area contributed by atoms with E-state index < -0.39 is 5.97 Å². The average molecular weight is 194 g/mol. The van der Waals surface area contributed by atoms with Gasteiger partial charge in [-0.25, -0.2) is 4.98 Å². The molecule has 0 amide bonds. The molecular weight excluding hydrogens is 184 g/mol. The minimum absolute atomic E-state index is 0.253. The first kappa shape index (κ1) is 10.0. The van der Waals surface area contributed by atoms with Gasteiger partial charge in [0.05, 0.1) is 5.39 Å². The maximum Gasteiger partial charge on any atom is 0.300 e. The highest BCUT2D eigenvalue weighted by Crippen LogP contribution is 2.20. The van der Waals surface area contributed by atoms with E-state index in [1.165, 1.54) is 6.20 Å². The van der Waals surface area contributed by atoms with Gasteiger partial charge in [-0.3, -0.25) is 4.79 Å². The average Bonchev–Trinajstić information content (AvgIpc) is 2.48. The minimum atomic E-state index is -0.833. The van der Waals surface area contributed by atoms with Gasteiger partial charge in [-0.2, -0.15) is 0 Å². The second-order valence-electron chi connectivity index (χ2n) is 2.59. The Bertz CT molecular complexity index is 432. The molecule has 2 rings (SSSR count). The number of H-pyrrole nitrogens is 1. The van der Waals surface area contributed by atoms with Crippen molar-refractivity contribution in [3.05, 3.63) is 24.5 Å². The van der Waals surface area contributed by atoms with Gasteiger partial charge in [0.25, 0.3) is 5.97 Å². The van der Waals surface area contributed by atoms with E-state index in [1.54, 1.807) is 12.3 Å². The summed E-state index contributed by atoms with van der Waals surface area (Å²) in [6, 6.07) is 3.60. The zero-order valence-corrected chi connectivity index (χ0v) is 7.56. The summed E-state index contributed by atoms with van der Waals surface area (Å²) in [6.45, 7) is 1.08. The van der Waals surface area contributed by atoms with E-state index >= 15 is 0 Å². The zero-order valence-electron chi connectivity index (χ0n) is 7.56.